The summed E-state index contributed by atoms with van der Waals surface area (Å²) in [7, 11) is 0. The molecule has 0 saturated carbocycles. The van der Waals surface area contributed by atoms with E-state index < -0.39 is 0 Å². The third kappa shape index (κ3) is 4.67. The van der Waals surface area contributed by atoms with Crippen molar-refractivity contribution in [3.63, 3.8) is 0 Å². The molecule has 1 aliphatic heterocycles. The summed E-state index contributed by atoms with van der Waals surface area (Å²) in [5.41, 5.74) is 2.14. The molecule has 0 radical (unpaired) electrons. The molecule has 1 saturated heterocycles. The normalized spacial score (nSPS) is 18.0. The molecular weight excluding hydrogens is 284 g/mol. The van der Waals surface area contributed by atoms with Crippen molar-refractivity contribution in [2.75, 3.05) is 26.2 Å². The van der Waals surface area contributed by atoms with Crippen LogP contribution >= 0.6 is 0 Å². The average Bonchev–Trinajstić information content (AvgIpc) is 3.07. The Balaban J connectivity index is 1.39. The van der Waals surface area contributed by atoms with E-state index in [4.69, 9.17) is 0 Å². The summed E-state index contributed by atoms with van der Waals surface area (Å²) >= 11 is 0. The lowest BCUT2D eigenvalue weighted by molar-refractivity contribution is 0.0947. The van der Waals surface area contributed by atoms with Gasteiger partial charge in [-0.2, -0.15) is 0 Å². The Hall–Kier alpha value is -2.13. The van der Waals surface area contributed by atoms with Crippen molar-refractivity contribution in [1.82, 2.24) is 10.2 Å². The maximum Gasteiger partial charge on any atom is 0.251 e. The van der Waals surface area contributed by atoms with Crippen LogP contribution in [0.25, 0.3) is 0 Å². The minimum Gasteiger partial charge on any atom is -0.352 e. The van der Waals surface area contributed by atoms with Crippen molar-refractivity contribution in [3.8, 4) is 0 Å². The summed E-state index contributed by atoms with van der Waals surface area (Å²) < 4.78 is 0. The van der Waals surface area contributed by atoms with Gasteiger partial charge >= 0.3 is 0 Å². The number of nitrogens with zero attached hydrogens (tertiary/aromatic N) is 1. The molecule has 1 N–H and O–H groups in total. The third-order valence-corrected chi connectivity index (χ3v) is 4.52. The fraction of sp³-hybridized carbons (Fsp3) is 0.350. The van der Waals surface area contributed by atoms with Gasteiger partial charge in [-0.05, 0) is 43.0 Å². The van der Waals surface area contributed by atoms with Crippen molar-refractivity contribution in [2.24, 2.45) is 5.92 Å². The Kier molecular flexibility index (Phi) is 5.43. The van der Waals surface area contributed by atoms with Gasteiger partial charge in [0, 0.05) is 25.2 Å². The number of rotatable bonds is 6. The number of benzene rings is 2. The van der Waals surface area contributed by atoms with E-state index in [1.54, 1.807) is 0 Å². The summed E-state index contributed by atoms with van der Waals surface area (Å²) in [6.45, 7) is 4.10. The van der Waals surface area contributed by atoms with Gasteiger partial charge in [0.25, 0.3) is 5.91 Å². The van der Waals surface area contributed by atoms with Gasteiger partial charge in [-0.1, -0.05) is 48.5 Å². The Labute approximate surface area is 138 Å². The molecule has 0 bridgehead atoms. The molecular formula is C20H24N2O. The van der Waals surface area contributed by atoms with Crippen LogP contribution in [0.5, 0.6) is 0 Å². The fourth-order valence-corrected chi connectivity index (χ4v) is 3.14. The fourth-order valence-electron chi connectivity index (χ4n) is 3.14. The third-order valence-electron chi connectivity index (χ3n) is 4.52. The second kappa shape index (κ2) is 7.93. The van der Waals surface area contributed by atoms with E-state index >= 15 is 0 Å². The second-order valence-electron chi connectivity index (χ2n) is 6.27. The number of likely N-dealkylation sites (tertiary alicyclic amines) is 1. The molecule has 0 aromatic heterocycles. The molecule has 0 aliphatic carbocycles. The number of carbonyl (C=O) groups excluding carboxylic acids is 1. The molecule has 1 atom stereocenters. The number of hydrogen-bond donors (Lipinski definition) is 1. The highest BCUT2D eigenvalue weighted by atomic mass is 16.1. The molecule has 1 fully saturated rings. The summed E-state index contributed by atoms with van der Waals surface area (Å²) in [6, 6.07) is 20.1. The zero-order valence-electron chi connectivity index (χ0n) is 13.4. The van der Waals surface area contributed by atoms with Gasteiger partial charge in [0.1, 0.15) is 0 Å². The summed E-state index contributed by atoms with van der Waals surface area (Å²) in [4.78, 5) is 14.6. The maximum absolute atomic E-state index is 12.1. The maximum atomic E-state index is 12.1. The van der Waals surface area contributed by atoms with Gasteiger partial charge in [0.2, 0.25) is 0 Å². The smallest absolute Gasteiger partial charge is 0.251 e. The SMILES string of the molecule is O=C(NCC1CCN(CCc2ccccc2)C1)c1ccccc1. The predicted octanol–water partition coefficient (Wildman–Crippen LogP) is 2.98. The zero-order chi connectivity index (χ0) is 15.9. The van der Waals surface area contributed by atoms with E-state index in [0.29, 0.717) is 5.92 Å². The van der Waals surface area contributed by atoms with Crippen molar-refractivity contribution in [3.05, 3.63) is 71.8 Å². The average molecular weight is 308 g/mol. The lowest BCUT2D eigenvalue weighted by Crippen LogP contribution is -2.31. The quantitative estimate of drug-likeness (QED) is 0.890. The highest BCUT2D eigenvalue weighted by Gasteiger charge is 2.22. The Morgan fingerprint density at radius 3 is 2.48 bits per heavy atom. The van der Waals surface area contributed by atoms with Gasteiger partial charge in [-0.3, -0.25) is 4.79 Å². The van der Waals surface area contributed by atoms with E-state index in [-0.39, 0.29) is 5.91 Å². The minimum absolute atomic E-state index is 0.0355. The van der Waals surface area contributed by atoms with Gasteiger partial charge in [0.15, 0.2) is 0 Å². The molecule has 1 unspecified atom stereocenters. The first-order valence-corrected chi connectivity index (χ1v) is 8.41. The molecule has 1 aliphatic rings. The van der Waals surface area contributed by atoms with Crippen LogP contribution in [0, 0.1) is 5.92 Å². The van der Waals surface area contributed by atoms with Gasteiger partial charge in [-0.25, -0.2) is 0 Å². The van der Waals surface area contributed by atoms with Gasteiger partial charge < -0.3 is 10.2 Å². The van der Waals surface area contributed by atoms with E-state index in [0.717, 1.165) is 38.2 Å². The summed E-state index contributed by atoms with van der Waals surface area (Å²) in [5, 5.41) is 3.07. The van der Waals surface area contributed by atoms with E-state index in [2.05, 4.69) is 40.5 Å². The Morgan fingerprint density at radius 1 is 1.04 bits per heavy atom. The molecule has 3 heteroatoms. The molecule has 23 heavy (non-hydrogen) atoms. The second-order valence-corrected chi connectivity index (χ2v) is 6.27. The minimum atomic E-state index is 0.0355. The largest absolute Gasteiger partial charge is 0.352 e. The first-order valence-electron chi connectivity index (χ1n) is 8.41. The molecule has 1 amide bonds. The number of hydrogen-bond acceptors (Lipinski definition) is 2. The van der Waals surface area contributed by atoms with Crippen molar-refractivity contribution in [2.45, 2.75) is 12.8 Å². The van der Waals surface area contributed by atoms with Crippen LogP contribution in [0.4, 0.5) is 0 Å². The molecule has 0 spiro atoms. The molecule has 3 nitrogen and oxygen atoms in total. The van der Waals surface area contributed by atoms with Gasteiger partial charge in [0.05, 0.1) is 0 Å². The molecule has 120 valence electrons. The highest BCUT2D eigenvalue weighted by molar-refractivity contribution is 5.94. The van der Waals surface area contributed by atoms with Crippen LogP contribution < -0.4 is 5.32 Å². The first-order chi connectivity index (χ1) is 11.3. The number of carbonyl (C=O) groups is 1. The van der Waals surface area contributed by atoms with Crippen molar-refractivity contribution in [1.29, 1.82) is 0 Å². The monoisotopic (exact) mass is 308 g/mol. The lowest BCUT2D eigenvalue weighted by Gasteiger charge is -2.16. The first kappa shape index (κ1) is 15.8. The van der Waals surface area contributed by atoms with Crippen LogP contribution in [0.3, 0.4) is 0 Å². The topological polar surface area (TPSA) is 32.3 Å². The Bertz CT molecular complexity index is 612. The summed E-state index contributed by atoms with van der Waals surface area (Å²) in [5.74, 6) is 0.603. The number of amides is 1. The Morgan fingerprint density at radius 2 is 1.74 bits per heavy atom. The molecule has 2 aromatic carbocycles. The zero-order valence-corrected chi connectivity index (χ0v) is 13.4. The summed E-state index contributed by atoms with van der Waals surface area (Å²) in [6.07, 6.45) is 2.27. The van der Waals surface area contributed by atoms with Crippen LogP contribution in [0.1, 0.15) is 22.3 Å². The van der Waals surface area contributed by atoms with Crippen LogP contribution in [0.15, 0.2) is 60.7 Å². The molecule has 2 aromatic rings. The van der Waals surface area contributed by atoms with Crippen LogP contribution in [0.2, 0.25) is 0 Å². The van der Waals surface area contributed by atoms with Crippen molar-refractivity contribution < 1.29 is 4.79 Å². The lowest BCUT2D eigenvalue weighted by atomic mass is 10.1. The van der Waals surface area contributed by atoms with Crippen molar-refractivity contribution >= 4 is 5.91 Å². The number of nitrogens with one attached hydrogen (secondary N) is 1. The van der Waals surface area contributed by atoms with Crippen LogP contribution in [-0.2, 0) is 6.42 Å². The van der Waals surface area contributed by atoms with Crippen LogP contribution in [-0.4, -0.2) is 37.0 Å². The van der Waals surface area contributed by atoms with E-state index in [1.165, 1.54) is 12.0 Å². The molecule has 1 heterocycles. The standard InChI is InChI=1S/C20H24N2O/c23-20(19-9-5-2-6-10-19)21-15-18-12-14-22(16-18)13-11-17-7-3-1-4-8-17/h1-10,18H,11-16H2,(H,21,23). The predicted molar refractivity (Wildman–Crippen MR) is 93.5 cm³/mol. The highest BCUT2D eigenvalue weighted by Crippen LogP contribution is 2.16. The van der Waals surface area contributed by atoms with Gasteiger partial charge in [-0.15, -0.1) is 0 Å². The van der Waals surface area contributed by atoms with E-state index in [9.17, 15) is 4.79 Å². The molecule has 3 rings (SSSR count). The van der Waals surface area contributed by atoms with E-state index in [1.807, 2.05) is 30.3 Å².